The van der Waals surface area contributed by atoms with Gasteiger partial charge in [-0.2, -0.15) is 0 Å². The number of nitrogens with zero attached hydrogens (tertiary/aromatic N) is 2. The first-order valence-electron chi connectivity index (χ1n) is 6.90. The van der Waals surface area contributed by atoms with Crippen molar-refractivity contribution >= 4 is 14.8 Å². The third-order valence-corrected chi connectivity index (χ3v) is 5.62. The van der Waals surface area contributed by atoms with Gasteiger partial charge in [-0.15, -0.1) is 0 Å². The summed E-state index contributed by atoms with van der Waals surface area (Å²) in [6, 6.07) is 0.771. The van der Waals surface area contributed by atoms with Gasteiger partial charge in [0.2, 0.25) is 0 Å². The zero-order valence-electron chi connectivity index (χ0n) is 12.9. The lowest BCUT2D eigenvalue weighted by Gasteiger charge is -2.28. The molecule has 0 aromatic rings. The maximum absolute atomic E-state index is 5.77. The van der Waals surface area contributed by atoms with Crippen LogP contribution in [0.5, 0.6) is 0 Å². The fourth-order valence-corrected chi connectivity index (χ4v) is 4.23. The van der Waals surface area contributed by atoms with Crippen LogP contribution in [0.3, 0.4) is 0 Å². The average molecular weight is 291 g/mol. The summed E-state index contributed by atoms with van der Waals surface area (Å²) in [6.07, 6.45) is 0.848. The van der Waals surface area contributed by atoms with Crippen LogP contribution in [0.25, 0.3) is 0 Å². The van der Waals surface area contributed by atoms with Crippen molar-refractivity contribution < 1.29 is 13.3 Å². The highest BCUT2D eigenvalue weighted by atomic mass is 28.4. The summed E-state index contributed by atoms with van der Waals surface area (Å²) in [5, 5.41) is 0. The Balaban J connectivity index is 4.35. The highest BCUT2D eigenvalue weighted by molar-refractivity contribution is 6.60. The van der Waals surface area contributed by atoms with Crippen LogP contribution in [-0.4, -0.2) is 60.1 Å². The van der Waals surface area contributed by atoms with Crippen molar-refractivity contribution in [3.63, 3.8) is 0 Å². The van der Waals surface area contributed by atoms with Crippen LogP contribution in [0, 0.1) is 0 Å². The van der Waals surface area contributed by atoms with E-state index in [4.69, 9.17) is 19.0 Å². The van der Waals surface area contributed by atoms with Gasteiger partial charge in [-0.3, -0.25) is 4.99 Å². The largest absolute Gasteiger partial charge is 0.500 e. The number of aliphatic imine (C=N–C) groups is 1. The van der Waals surface area contributed by atoms with Crippen LogP contribution < -0.4 is 5.73 Å². The predicted molar refractivity (Wildman–Crippen MR) is 80.2 cm³/mol. The van der Waals surface area contributed by atoms with Crippen molar-refractivity contribution in [2.24, 2.45) is 10.7 Å². The Kier molecular flexibility index (Phi) is 9.85. The van der Waals surface area contributed by atoms with E-state index in [0.29, 0.717) is 32.3 Å². The molecule has 0 spiro atoms. The van der Waals surface area contributed by atoms with Crippen LogP contribution in [0.15, 0.2) is 4.99 Å². The molecule has 0 heterocycles. The Labute approximate surface area is 118 Å². The quantitative estimate of drug-likeness (QED) is 0.284. The van der Waals surface area contributed by atoms with Crippen molar-refractivity contribution in [2.45, 2.75) is 33.2 Å². The summed E-state index contributed by atoms with van der Waals surface area (Å²) in [7, 11) is 1.23. The molecule has 2 N–H and O–H groups in total. The molecule has 0 amide bonds. The molecule has 0 aliphatic rings. The van der Waals surface area contributed by atoms with E-state index in [1.54, 1.807) is 4.90 Å². The minimum atomic E-state index is -2.52. The molecule has 0 saturated heterocycles. The molecule has 0 fully saturated rings. The van der Waals surface area contributed by atoms with Gasteiger partial charge in [0.15, 0.2) is 5.96 Å². The fraction of sp³-hybridized carbons (Fsp3) is 0.917. The van der Waals surface area contributed by atoms with Crippen molar-refractivity contribution in [1.29, 1.82) is 0 Å². The molecule has 0 aliphatic heterocycles. The SMILES string of the molecule is CCO[Si](CCCN=C(N)N(C)C)(OCC)OCC. The second-order valence-electron chi connectivity index (χ2n) is 4.22. The summed E-state index contributed by atoms with van der Waals surface area (Å²) in [4.78, 5) is 6.07. The monoisotopic (exact) mass is 291 g/mol. The Bertz CT molecular complexity index is 246. The van der Waals surface area contributed by atoms with Crippen LogP contribution in [0.4, 0.5) is 0 Å². The Morgan fingerprint density at radius 3 is 1.89 bits per heavy atom. The first kappa shape index (κ1) is 18.4. The average Bonchev–Trinajstić information content (AvgIpc) is 2.35. The zero-order valence-corrected chi connectivity index (χ0v) is 13.9. The number of nitrogens with two attached hydrogens (primary N) is 1. The van der Waals surface area contributed by atoms with Gasteiger partial charge in [0.05, 0.1) is 0 Å². The molecular weight excluding hydrogens is 262 g/mol. The van der Waals surface area contributed by atoms with E-state index in [0.717, 1.165) is 12.5 Å². The topological polar surface area (TPSA) is 69.3 Å². The molecule has 0 saturated carbocycles. The Morgan fingerprint density at radius 1 is 1.05 bits per heavy atom. The summed E-state index contributed by atoms with van der Waals surface area (Å²) in [5.41, 5.74) is 5.74. The van der Waals surface area contributed by atoms with Gasteiger partial charge in [-0.05, 0) is 27.2 Å². The molecule has 0 atom stereocenters. The Morgan fingerprint density at radius 2 is 1.53 bits per heavy atom. The third kappa shape index (κ3) is 7.51. The number of rotatable bonds is 10. The van der Waals surface area contributed by atoms with E-state index < -0.39 is 8.80 Å². The van der Waals surface area contributed by atoms with Gasteiger partial charge in [0.25, 0.3) is 0 Å². The van der Waals surface area contributed by atoms with E-state index >= 15 is 0 Å². The van der Waals surface area contributed by atoms with Crippen molar-refractivity contribution in [3.05, 3.63) is 0 Å². The maximum atomic E-state index is 5.77. The molecule has 0 rings (SSSR count). The lowest BCUT2D eigenvalue weighted by Crippen LogP contribution is -2.46. The lowest BCUT2D eigenvalue weighted by atomic mass is 10.5. The van der Waals surface area contributed by atoms with Gasteiger partial charge < -0.3 is 23.9 Å². The summed E-state index contributed by atoms with van der Waals surface area (Å²) < 4.78 is 17.3. The highest BCUT2D eigenvalue weighted by Gasteiger charge is 2.39. The van der Waals surface area contributed by atoms with Crippen LogP contribution in [-0.2, 0) is 13.3 Å². The second kappa shape index (κ2) is 10.2. The normalized spacial score (nSPS) is 12.8. The molecule has 19 heavy (non-hydrogen) atoms. The zero-order chi connectivity index (χ0) is 14.7. The van der Waals surface area contributed by atoms with Gasteiger partial charge in [0, 0.05) is 46.5 Å². The summed E-state index contributed by atoms with van der Waals surface area (Å²) in [6.45, 7) is 8.36. The van der Waals surface area contributed by atoms with E-state index in [-0.39, 0.29) is 0 Å². The van der Waals surface area contributed by atoms with Crippen molar-refractivity contribution in [1.82, 2.24) is 4.90 Å². The molecule has 0 bridgehead atoms. The molecule has 7 heteroatoms. The Hall–Kier alpha value is -0.633. The van der Waals surface area contributed by atoms with E-state index in [9.17, 15) is 0 Å². The van der Waals surface area contributed by atoms with Gasteiger partial charge >= 0.3 is 8.80 Å². The van der Waals surface area contributed by atoms with Gasteiger partial charge in [-0.1, -0.05) is 0 Å². The van der Waals surface area contributed by atoms with Crippen molar-refractivity contribution in [2.75, 3.05) is 40.5 Å². The molecule has 114 valence electrons. The first-order chi connectivity index (χ1) is 9.01. The van der Waals surface area contributed by atoms with Crippen LogP contribution in [0.2, 0.25) is 6.04 Å². The summed E-state index contributed by atoms with van der Waals surface area (Å²) in [5.74, 6) is 0.538. The second-order valence-corrected chi connectivity index (χ2v) is 6.95. The third-order valence-electron chi connectivity index (χ3n) is 2.47. The minimum Gasteiger partial charge on any atom is -0.374 e. The van der Waals surface area contributed by atoms with Gasteiger partial charge in [-0.25, -0.2) is 0 Å². The van der Waals surface area contributed by atoms with E-state index in [1.807, 2.05) is 34.9 Å². The summed E-state index contributed by atoms with van der Waals surface area (Å²) >= 11 is 0. The van der Waals surface area contributed by atoms with Crippen molar-refractivity contribution in [3.8, 4) is 0 Å². The molecule has 0 aromatic carbocycles. The smallest absolute Gasteiger partial charge is 0.374 e. The van der Waals surface area contributed by atoms with Gasteiger partial charge in [0.1, 0.15) is 0 Å². The number of hydrogen-bond donors (Lipinski definition) is 1. The molecule has 6 nitrogen and oxygen atoms in total. The van der Waals surface area contributed by atoms with E-state index in [2.05, 4.69) is 4.99 Å². The van der Waals surface area contributed by atoms with Crippen LogP contribution in [0.1, 0.15) is 27.2 Å². The predicted octanol–water partition coefficient (Wildman–Crippen LogP) is 1.30. The standard InChI is InChI=1S/C12H29N3O3Si/c1-6-16-19(17-7-2,18-8-3)11-9-10-14-12(13)15(4)5/h6-11H2,1-5H3,(H2,13,14). The maximum Gasteiger partial charge on any atom is 0.500 e. The van der Waals surface area contributed by atoms with E-state index in [1.165, 1.54) is 0 Å². The molecular formula is C12H29N3O3Si. The number of guanidine groups is 1. The molecule has 0 unspecified atom stereocenters. The minimum absolute atomic E-state index is 0.538. The molecule has 0 aliphatic carbocycles. The molecule has 0 aromatic heterocycles. The number of hydrogen-bond acceptors (Lipinski definition) is 4. The van der Waals surface area contributed by atoms with Crippen LogP contribution >= 0.6 is 0 Å². The lowest BCUT2D eigenvalue weighted by molar-refractivity contribution is 0.0710. The highest BCUT2D eigenvalue weighted by Crippen LogP contribution is 2.18. The molecule has 0 radical (unpaired) electrons. The first-order valence-corrected chi connectivity index (χ1v) is 8.83. The fourth-order valence-electron chi connectivity index (χ4n) is 1.63.